The molecule has 3 atom stereocenters. The Labute approximate surface area is 146 Å². The van der Waals surface area contributed by atoms with E-state index >= 15 is 0 Å². The second-order valence-corrected chi connectivity index (χ2v) is 14.7. The second-order valence-electron chi connectivity index (χ2n) is 7.76. The van der Waals surface area contributed by atoms with Gasteiger partial charge in [-0.3, -0.25) is 0 Å². The Bertz CT molecular complexity index is 412. The zero-order chi connectivity index (χ0) is 16.1. The second kappa shape index (κ2) is 9.22. The van der Waals surface area contributed by atoms with Crippen LogP contribution in [0, 0.1) is 11.8 Å². The molecular formula is C19H37NSiTi. The molecule has 0 heterocycles. The van der Waals surface area contributed by atoms with E-state index in [2.05, 4.69) is 72.5 Å². The molecule has 0 aromatic heterocycles. The molecule has 1 saturated carbocycles. The molecule has 0 saturated heterocycles. The first-order valence-electron chi connectivity index (χ1n) is 8.09. The zero-order valence-corrected chi connectivity index (χ0v) is 16.1. The zero-order valence-electron chi connectivity index (χ0n) is 14.5. The minimum atomic E-state index is -1.90. The first-order valence-corrected chi connectivity index (χ1v) is 12.9. The molecule has 3 heteroatoms. The number of allylic oxidation sites excluding steroid dienone is 6. The summed E-state index contributed by atoms with van der Waals surface area (Å²) in [7, 11) is 0. The van der Waals surface area contributed by atoms with Crippen LogP contribution in [0.1, 0.15) is 33.6 Å². The smallest absolute Gasteiger partial charge is 0.0149 e. The Hall–Kier alpha value is -0.149. The monoisotopic (exact) mass is 355 g/mol. The largest absolute Gasteiger partial charge is 0.0149 e. The minimum Gasteiger partial charge on any atom is -0.0149 e. The van der Waals surface area contributed by atoms with Crippen molar-refractivity contribution in [1.82, 2.24) is 3.80 Å². The maximum absolute atomic E-state index is 4.00. The summed E-state index contributed by atoms with van der Waals surface area (Å²) in [4.78, 5) is 0. The summed E-state index contributed by atoms with van der Waals surface area (Å²) < 4.78 is 4.94. The fourth-order valence-corrected chi connectivity index (χ4v) is 10.6. The van der Waals surface area contributed by atoms with Crippen molar-refractivity contribution in [1.29, 1.82) is 0 Å². The molecule has 1 N–H and O–H groups in total. The van der Waals surface area contributed by atoms with E-state index in [1.165, 1.54) is 12.8 Å². The van der Waals surface area contributed by atoms with Gasteiger partial charge in [0.2, 0.25) is 0 Å². The quantitative estimate of drug-likeness (QED) is 0.585. The molecule has 0 aliphatic heterocycles. The van der Waals surface area contributed by atoms with Crippen LogP contribution in [-0.4, -0.2) is 16.5 Å². The standard InChI is InChI=1S/C9H11.C4H10N.C4H6.2CH3.H4Si.Ti/c1-2-5-9-7-3-6-8(9)4-1;1-4(2,3)5;1-3-4-2;;;;/h1-2,4-6,8-9H,3,7H2;5H,1-3H3;3-4H,1-2H2;2*1H3;1H4;/q;-1;;;;;+1. The Morgan fingerprint density at radius 2 is 1.59 bits per heavy atom. The minimum absolute atomic E-state index is 0. The van der Waals surface area contributed by atoms with Crippen LogP contribution in [0.2, 0.25) is 14.7 Å². The van der Waals surface area contributed by atoms with Crippen molar-refractivity contribution < 1.29 is 16.8 Å². The number of fused-ring (bicyclic) bond motifs is 1. The third-order valence-corrected chi connectivity index (χ3v) is 10.5. The average molecular weight is 355 g/mol. The normalized spacial score (nSPS) is 26.3. The molecule has 2 aliphatic rings. The Kier molecular flexibility index (Phi) is 9.16. The van der Waals surface area contributed by atoms with E-state index in [-0.39, 0.29) is 16.5 Å². The van der Waals surface area contributed by atoms with Gasteiger partial charge in [-0.2, -0.15) is 0 Å². The molecule has 0 spiro atoms. The molecule has 1 nitrogen and oxygen atoms in total. The van der Waals surface area contributed by atoms with Gasteiger partial charge in [0.15, 0.2) is 0 Å². The molecule has 0 amide bonds. The maximum Gasteiger partial charge on any atom is -0.0149 e. The van der Waals surface area contributed by atoms with Crippen molar-refractivity contribution >= 4 is 11.0 Å². The molecule has 0 aromatic carbocycles. The van der Waals surface area contributed by atoms with Crippen LogP contribution in [0.4, 0.5) is 0 Å². The molecular weight excluding hydrogens is 318 g/mol. The van der Waals surface area contributed by atoms with Crippen molar-refractivity contribution in [3.8, 4) is 0 Å². The first kappa shape index (κ1) is 21.9. The molecule has 0 radical (unpaired) electrons. The fraction of sp³-hybridized carbons (Fsp3) is 0.579. The van der Waals surface area contributed by atoms with E-state index in [9.17, 15) is 0 Å². The maximum atomic E-state index is 4.00. The number of hydrogen-bond donors (Lipinski definition) is 1. The van der Waals surface area contributed by atoms with Crippen molar-refractivity contribution in [2.24, 2.45) is 11.8 Å². The number of rotatable bonds is 3. The van der Waals surface area contributed by atoms with Crippen LogP contribution in [0.3, 0.4) is 0 Å². The summed E-state index contributed by atoms with van der Waals surface area (Å²) >= 11 is -1.90. The summed E-state index contributed by atoms with van der Waals surface area (Å²) in [6, 6.07) is 0. The Morgan fingerprint density at radius 1 is 1.05 bits per heavy atom. The van der Waals surface area contributed by atoms with E-state index in [1.54, 1.807) is 12.2 Å². The summed E-state index contributed by atoms with van der Waals surface area (Å²) in [5, 5.41) is 5.12. The summed E-state index contributed by atoms with van der Waals surface area (Å²) in [5.74, 6) is 1.65. The predicted octanol–water partition coefficient (Wildman–Crippen LogP) is 4.39. The van der Waals surface area contributed by atoms with Gasteiger partial charge in [0.1, 0.15) is 0 Å². The van der Waals surface area contributed by atoms with E-state index < -0.39 is 16.8 Å². The molecule has 0 bridgehead atoms. The van der Waals surface area contributed by atoms with Crippen LogP contribution in [0.5, 0.6) is 0 Å². The summed E-state index contributed by atoms with van der Waals surface area (Å²) in [6.45, 7) is 13.6. The van der Waals surface area contributed by atoms with Crippen LogP contribution in [-0.2, 0) is 16.8 Å². The van der Waals surface area contributed by atoms with Gasteiger partial charge in [-0.15, -0.1) is 0 Å². The van der Waals surface area contributed by atoms with Crippen molar-refractivity contribution in [3.05, 3.63) is 49.6 Å². The molecule has 2 rings (SSSR count). The van der Waals surface area contributed by atoms with E-state index in [0.29, 0.717) is 0 Å². The van der Waals surface area contributed by atoms with Crippen molar-refractivity contribution in [2.75, 3.05) is 0 Å². The van der Waals surface area contributed by atoms with Crippen molar-refractivity contribution in [2.45, 2.75) is 53.8 Å². The van der Waals surface area contributed by atoms with Gasteiger partial charge < -0.3 is 0 Å². The Morgan fingerprint density at radius 3 is 2.09 bits per heavy atom. The van der Waals surface area contributed by atoms with Crippen molar-refractivity contribution in [3.63, 3.8) is 0 Å². The predicted molar refractivity (Wildman–Crippen MR) is 105 cm³/mol. The van der Waals surface area contributed by atoms with E-state index in [0.717, 1.165) is 16.1 Å². The molecule has 3 unspecified atom stereocenters. The molecule has 22 heavy (non-hydrogen) atoms. The van der Waals surface area contributed by atoms with E-state index in [4.69, 9.17) is 0 Å². The first-order chi connectivity index (χ1) is 9.71. The molecule has 0 aromatic rings. The van der Waals surface area contributed by atoms with Gasteiger partial charge in [0.25, 0.3) is 0 Å². The summed E-state index contributed by atoms with van der Waals surface area (Å²) in [6.07, 6.45) is 15.5. The average Bonchev–Trinajstić information content (AvgIpc) is 2.81. The summed E-state index contributed by atoms with van der Waals surface area (Å²) in [5.41, 5.74) is 0.274. The van der Waals surface area contributed by atoms with E-state index in [1.807, 2.05) is 0 Å². The molecule has 1 fully saturated rings. The number of nitrogens with one attached hydrogen (secondary N) is 1. The van der Waals surface area contributed by atoms with Gasteiger partial charge in [0, 0.05) is 0 Å². The van der Waals surface area contributed by atoms with Gasteiger partial charge in [-0.25, -0.2) is 0 Å². The van der Waals surface area contributed by atoms with Crippen LogP contribution in [0.15, 0.2) is 49.6 Å². The topological polar surface area (TPSA) is 12.0 Å². The van der Waals surface area contributed by atoms with Gasteiger partial charge in [-0.05, 0) is 11.0 Å². The fourth-order valence-electron chi connectivity index (χ4n) is 3.86. The molecule has 126 valence electrons. The van der Waals surface area contributed by atoms with Crippen LogP contribution >= 0.6 is 0 Å². The van der Waals surface area contributed by atoms with Gasteiger partial charge in [0.05, 0.1) is 0 Å². The van der Waals surface area contributed by atoms with Gasteiger partial charge >= 0.3 is 111 Å². The van der Waals surface area contributed by atoms with Gasteiger partial charge in [-0.1, -0.05) is 25.3 Å². The third-order valence-electron chi connectivity index (χ3n) is 4.36. The van der Waals surface area contributed by atoms with Crippen LogP contribution in [0.25, 0.3) is 0 Å². The molecule has 2 aliphatic carbocycles. The number of hydrogen-bond acceptors (Lipinski definition) is 1. The van der Waals surface area contributed by atoms with Crippen LogP contribution < -0.4 is 3.80 Å². The Balaban J connectivity index is 0.000000791. The SMILES string of the molecule is C=CC=C.CC(C)(C)[NH][Ti]([CH3])([CH3])[CH]1CCC2C=CC=CC21.[SiH4]. The third kappa shape index (κ3) is 6.54.